The zero-order valence-corrected chi connectivity index (χ0v) is 11.9. The van der Waals surface area contributed by atoms with E-state index in [1.165, 1.54) is 19.3 Å². The van der Waals surface area contributed by atoms with Gasteiger partial charge >= 0.3 is 0 Å². The van der Waals surface area contributed by atoms with E-state index in [1.54, 1.807) is 12.5 Å². The number of nitrogens with one attached hydrogen (secondary N) is 1. The molecule has 0 aromatic carbocycles. The van der Waals surface area contributed by atoms with Crippen LogP contribution in [0.5, 0.6) is 0 Å². The molecular weight excluding hydrogens is 329 g/mol. The van der Waals surface area contributed by atoms with Crippen molar-refractivity contribution in [2.24, 2.45) is 11.8 Å². The van der Waals surface area contributed by atoms with E-state index in [-0.39, 0.29) is 0 Å². The fourth-order valence-electron chi connectivity index (χ4n) is 2.46. The van der Waals surface area contributed by atoms with Gasteiger partial charge in [0.1, 0.15) is 12.1 Å². The Bertz CT molecular complexity index is 361. The van der Waals surface area contributed by atoms with E-state index < -0.39 is 0 Å². The van der Waals surface area contributed by atoms with Gasteiger partial charge in [-0.05, 0) is 47.3 Å². The Kier molecular flexibility index (Phi) is 4.97. The first-order valence-corrected chi connectivity index (χ1v) is 7.19. The lowest BCUT2D eigenvalue weighted by Gasteiger charge is -2.30. The van der Waals surface area contributed by atoms with Crippen LogP contribution in [-0.4, -0.2) is 28.2 Å². The van der Waals surface area contributed by atoms with Crippen LogP contribution >= 0.6 is 22.6 Å². The van der Waals surface area contributed by atoms with Crippen LogP contribution in [0, 0.1) is 15.4 Å². The van der Waals surface area contributed by atoms with E-state index in [0.29, 0.717) is 18.4 Å². The predicted molar refractivity (Wildman–Crippen MR) is 75.8 cm³/mol. The monoisotopic (exact) mass is 347 g/mol. The number of aromatic nitrogens is 2. The van der Waals surface area contributed by atoms with Gasteiger partial charge in [-0.25, -0.2) is 9.97 Å². The molecule has 2 unspecified atom stereocenters. The zero-order chi connectivity index (χ0) is 12.1. The summed E-state index contributed by atoms with van der Waals surface area (Å²) < 4.78 is 1.04. The number of nitrogens with zero attached hydrogens (tertiary/aromatic N) is 2. The van der Waals surface area contributed by atoms with Gasteiger partial charge in [0.25, 0.3) is 0 Å². The number of aliphatic hydroxyl groups excluding tert-OH is 1. The molecule has 0 radical (unpaired) electrons. The summed E-state index contributed by atoms with van der Waals surface area (Å²) in [4.78, 5) is 8.19. The maximum Gasteiger partial charge on any atom is 0.142 e. The first-order valence-electron chi connectivity index (χ1n) is 6.11. The molecular formula is C12H18IN3O. The quantitative estimate of drug-likeness (QED) is 0.821. The number of hydrogen-bond donors (Lipinski definition) is 2. The standard InChI is InChI=1S/C12H18IN3O/c13-11-6-14-8-16-12(11)15-5-9-3-1-2-4-10(9)7-17/h6,8-10,17H,1-5,7H2,(H,14,15,16). The van der Waals surface area contributed by atoms with Crippen molar-refractivity contribution in [1.82, 2.24) is 9.97 Å². The van der Waals surface area contributed by atoms with Crippen molar-refractivity contribution in [2.45, 2.75) is 25.7 Å². The lowest BCUT2D eigenvalue weighted by molar-refractivity contribution is 0.141. The first-order chi connectivity index (χ1) is 8.31. The molecule has 1 aromatic heterocycles. The summed E-state index contributed by atoms with van der Waals surface area (Å²) in [5, 5.41) is 12.7. The SMILES string of the molecule is OCC1CCCCC1CNc1ncncc1I. The Morgan fingerprint density at radius 1 is 1.35 bits per heavy atom. The van der Waals surface area contributed by atoms with Gasteiger partial charge in [0.2, 0.25) is 0 Å². The van der Waals surface area contributed by atoms with Crippen LogP contribution in [-0.2, 0) is 0 Å². The molecule has 1 saturated carbocycles. The van der Waals surface area contributed by atoms with Crippen molar-refractivity contribution < 1.29 is 5.11 Å². The van der Waals surface area contributed by atoms with E-state index in [1.807, 2.05) is 0 Å². The molecule has 4 nitrogen and oxygen atoms in total. The minimum atomic E-state index is 0.313. The number of hydrogen-bond acceptors (Lipinski definition) is 4. The second-order valence-electron chi connectivity index (χ2n) is 4.59. The molecule has 1 heterocycles. The van der Waals surface area contributed by atoms with Crippen molar-refractivity contribution in [3.8, 4) is 0 Å². The van der Waals surface area contributed by atoms with Gasteiger partial charge in [-0.15, -0.1) is 0 Å². The average molecular weight is 347 g/mol. The molecule has 2 rings (SSSR count). The third-order valence-electron chi connectivity index (χ3n) is 3.50. The topological polar surface area (TPSA) is 58.0 Å². The molecule has 0 amide bonds. The molecule has 1 fully saturated rings. The molecule has 0 bridgehead atoms. The van der Waals surface area contributed by atoms with Crippen LogP contribution in [0.25, 0.3) is 0 Å². The number of rotatable bonds is 4. The summed E-state index contributed by atoms with van der Waals surface area (Å²) in [7, 11) is 0. The van der Waals surface area contributed by atoms with Crippen LogP contribution < -0.4 is 5.32 Å². The maximum atomic E-state index is 9.36. The third-order valence-corrected chi connectivity index (χ3v) is 4.29. The average Bonchev–Trinajstić information content (AvgIpc) is 2.38. The molecule has 94 valence electrons. The highest BCUT2D eigenvalue weighted by molar-refractivity contribution is 14.1. The van der Waals surface area contributed by atoms with Crippen molar-refractivity contribution in [2.75, 3.05) is 18.5 Å². The summed E-state index contributed by atoms with van der Waals surface area (Å²) in [5.74, 6) is 1.93. The largest absolute Gasteiger partial charge is 0.396 e. The fourth-order valence-corrected chi connectivity index (χ4v) is 2.95. The Balaban J connectivity index is 1.90. The van der Waals surface area contributed by atoms with Crippen LogP contribution in [0.2, 0.25) is 0 Å². The maximum absolute atomic E-state index is 9.36. The highest BCUT2D eigenvalue weighted by atomic mass is 127. The molecule has 0 aliphatic heterocycles. The highest BCUT2D eigenvalue weighted by Crippen LogP contribution is 2.30. The van der Waals surface area contributed by atoms with Gasteiger partial charge in [0.15, 0.2) is 0 Å². The molecule has 0 saturated heterocycles. The van der Waals surface area contributed by atoms with Crippen molar-refractivity contribution >= 4 is 28.4 Å². The summed E-state index contributed by atoms with van der Waals surface area (Å²) in [5.41, 5.74) is 0. The molecule has 1 aliphatic carbocycles. The molecule has 17 heavy (non-hydrogen) atoms. The second kappa shape index (κ2) is 6.49. The van der Waals surface area contributed by atoms with E-state index in [9.17, 15) is 5.11 Å². The molecule has 2 atom stereocenters. The minimum absolute atomic E-state index is 0.313. The fraction of sp³-hybridized carbons (Fsp3) is 0.667. The lowest BCUT2D eigenvalue weighted by Crippen LogP contribution is -2.29. The summed E-state index contributed by atoms with van der Waals surface area (Å²) in [6.45, 7) is 1.21. The summed E-state index contributed by atoms with van der Waals surface area (Å²) >= 11 is 2.23. The smallest absolute Gasteiger partial charge is 0.142 e. The first kappa shape index (κ1) is 13.0. The van der Waals surface area contributed by atoms with E-state index >= 15 is 0 Å². The van der Waals surface area contributed by atoms with E-state index in [2.05, 4.69) is 37.9 Å². The second-order valence-corrected chi connectivity index (χ2v) is 5.75. The normalized spacial score (nSPS) is 24.6. The van der Waals surface area contributed by atoms with E-state index in [4.69, 9.17) is 0 Å². The van der Waals surface area contributed by atoms with Gasteiger partial charge in [0.05, 0.1) is 3.57 Å². The third kappa shape index (κ3) is 3.51. The van der Waals surface area contributed by atoms with Crippen LogP contribution in [0.1, 0.15) is 25.7 Å². The molecule has 5 heteroatoms. The van der Waals surface area contributed by atoms with Gasteiger partial charge < -0.3 is 10.4 Å². The lowest BCUT2D eigenvalue weighted by atomic mass is 9.79. The number of anilines is 1. The Morgan fingerprint density at radius 2 is 2.12 bits per heavy atom. The van der Waals surface area contributed by atoms with Crippen molar-refractivity contribution in [3.63, 3.8) is 0 Å². The van der Waals surface area contributed by atoms with Gasteiger partial charge in [-0.2, -0.15) is 0 Å². The van der Waals surface area contributed by atoms with Gasteiger partial charge in [-0.3, -0.25) is 0 Å². The van der Waals surface area contributed by atoms with Crippen LogP contribution in [0.4, 0.5) is 5.82 Å². The van der Waals surface area contributed by atoms with Crippen LogP contribution in [0.15, 0.2) is 12.5 Å². The Labute approximate surface area is 115 Å². The van der Waals surface area contributed by atoms with Gasteiger partial charge in [-0.1, -0.05) is 12.8 Å². The molecule has 1 aliphatic rings. The minimum Gasteiger partial charge on any atom is -0.396 e. The Morgan fingerprint density at radius 3 is 2.82 bits per heavy atom. The number of halogens is 1. The van der Waals surface area contributed by atoms with Crippen molar-refractivity contribution in [3.05, 3.63) is 16.1 Å². The molecule has 0 spiro atoms. The summed E-state index contributed by atoms with van der Waals surface area (Å²) in [6, 6.07) is 0. The highest BCUT2D eigenvalue weighted by Gasteiger charge is 2.24. The van der Waals surface area contributed by atoms with Crippen molar-refractivity contribution in [1.29, 1.82) is 0 Å². The Hall–Kier alpha value is -0.430. The molecule has 1 aromatic rings. The number of aliphatic hydroxyl groups is 1. The summed E-state index contributed by atoms with van der Waals surface area (Å²) in [6.07, 6.45) is 8.27. The van der Waals surface area contributed by atoms with Gasteiger partial charge in [0, 0.05) is 19.3 Å². The zero-order valence-electron chi connectivity index (χ0n) is 9.77. The van der Waals surface area contributed by atoms with E-state index in [0.717, 1.165) is 22.4 Å². The van der Waals surface area contributed by atoms with Crippen LogP contribution in [0.3, 0.4) is 0 Å². The predicted octanol–water partition coefficient (Wildman–Crippen LogP) is 2.29. The molecule has 2 N–H and O–H groups in total.